The van der Waals surface area contributed by atoms with Crippen molar-refractivity contribution in [1.82, 2.24) is 10.9 Å². The molecule has 0 saturated carbocycles. The lowest BCUT2D eigenvalue weighted by molar-refractivity contribution is 0.564. The third kappa shape index (κ3) is 3.70. The number of thiophene rings is 1. The Kier molecular flexibility index (Phi) is 4.66. The lowest BCUT2D eigenvalue weighted by Crippen LogP contribution is -2.28. The van der Waals surface area contributed by atoms with Gasteiger partial charge in [-0.05, 0) is 50.1 Å². The predicted molar refractivity (Wildman–Crippen MR) is 94.4 cm³/mol. The van der Waals surface area contributed by atoms with Crippen LogP contribution in [0.15, 0.2) is 34.5 Å². The molecule has 1 saturated heterocycles. The summed E-state index contributed by atoms with van der Waals surface area (Å²) in [6, 6.07) is 9.13. The van der Waals surface area contributed by atoms with Gasteiger partial charge in [0.05, 0.1) is 11.7 Å². The molecule has 0 amide bonds. The van der Waals surface area contributed by atoms with Crippen LogP contribution >= 0.6 is 22.9 Å². The van der Waals surface area contributed by atoms with Crippen molar-refractivity contribution in [3.8, 4) is 0 Å². The van der Waals surface area contributed by atoms with Crippen molar-refractivity contribution in [3.63, 3.8) is 0 Å². The molecule has 8 heteroatoms. The van der Waals surface area contributed by atoms with Crippen LogP contribution in [0, 0.1) is 6.92 Å². The number of hydrogen-bond donors (Lipinski definition) is 3. The van der Waals surface area contributed by atoms with Crippen LogP contribution < -0.4 is 15.6 Å². The fourth-order valence-electron chi connectivity index (χ4n) is 2.43. The molecule has 1 aliphatic rings. The van der Waals surface area contributed by atoms with Crippen molar-refractivity contribution in [3.05, 3.63) is 45.8 Å². The van der Waals surface area contributed by atoms with E-state index in [9.17, 15) is 8.42 Å². The fourth-order valence-corrected chi connectivity index (χ4v) is 5.05. The Bertz CT molecular complexity index is 820. The zero-order valence-electron chi connectivity index (χ0n) is 12.8. The molecule has 3 N–H and O–H groups in total. The Hall–Kier alpha value is -1.12. The number of nitrogens with one attached hydrogen (secondary N) is 3. The third-order valence-corrected chi connectivity index (χ3v) is 7.21. The van der Waals surface area contributed by atoms with Crippen molar-refractivity contribution in [2.45, 2.75) is 36.6 Å². The molecule has 1 fully saturated rings. The van der Waals surface area contributed by atoms with Gasteiger partial charge in [-0.15, -0.1) is 11.3 Å². The molecule has 0 spiro atoms. The monoisotopic (exact) mass is 371 g/mol. The average molecular weight is 372 g/mol. The molecule has 0 radical (unpaired) electrons. The summed E-state index contributed by atoms with van der Waals surface area (Å²) in [6.07, 6.45) is 0.932. The maximum atomic E-state index is 12.5. The molecule has 1 aliphatic heterocycles. The zero-order valence-corrected chi connectivity index (χ0v) is 15.1. The van der Waals surface area contributed by atoms with E-state index in [0.717, 1.165) is 16.9 Å². The Balaban J connectivity index is 1.79. The molecule has 3 rings (SSSR count). The topological polar surface area (TPSA) is 70.2 Å². The minimum atomic E-state index is -3.60. The van der Waals surface area contributed by atoms with Crippen molar-refractivity contribution in [2.24, 2.45) is 0 Å². The highest BCUT2D eigenvalue weighted by Gasteiger charge is 2.25. The number of aryl methyl sites for hydroxylation is 1. The van der Waals surface area contributed by atoms with Crippen molar-refractivity contribution in [2.75, 3.05) is 4.72 Å². The first-order valence-corrected chi connectivity index (χ1v) is 9.93. The van der Waals surface area contributed by atoms with Crippen molar-refractivity contribution < 1.29 is 8.42 Å². The van der Waals surface area contributed by atoms with Crippen LogP contribution in [0.5, 0.6) is 0 Å². The van der Waals surface area contributed by atoms with E-state index < -0.39 is 10.0 Å². The van der Waals surface area contributed by atoms with Crippen LogP contribution in [-0.2, 0) is 10.0 Å². The molecule has 2 heterocycles. The van der Waals surface area contributed by atoms with Gasteiger partial charge < -0.3 is 0 Å². The first-order chi connectivity index (χ1) is 10.8. The van der Waals surface area contributed by atoms with Gasteiger partial charge >= 0.3 is 0 Å². The quantitative estimate of drug-likeness (QED) is 0.770. The van der Waals surface area contributed by atoms with Gasteiger partial charge in [0.25, 0.3) is 10.0 Å². The Morgan fingerprint density at radius 2 is 2.04 bits per heavy atom. The van der Waals surface area contributed by atoms with Gasteiger partial charge in [-0.25, -0.2) is 13.8 Å². The molecule has 23 heavy (non-hydrogen) atoms. The second-order valence-corrected chi connectivity index (χ2v) is 9.14. The highest BCUT2D eigenvalue weighted by molar-refractivity contribution is 7.94. The van der Waals surface area contributed by atoms with E-state index in [-0.39, 0.29) is 6.04 Å². The zero-order chi connectivity index (χ0) is 16.6. The number of rotatable bonds is 4. The number of sulfonamides is 1. The highest BCUT2D eigenvalue weighted by Crippen LogP contribution is 2.32. The highest BCUT2D eigenvalue weighted by atomic mass is 35.5. The first kappa shape index (κ1) is 16.7. The van der Waals surface area contributed by atoms with Gasteiger partial charge in [-0.2, -0.15) is 0 Å². The van der Waals surface area contributed by atoms with Crippen LogP contribution in [0.4, 0.5) is 5.69 Å². The maximum absolute atomic E-state index is 12.5. The second kappa shape index (κ2) is 6.41. The van der Waals surface area contributed by atoms with Crippen LogP contribution in [-0.4, -0.2) is 14.5 Å². The molecule has 1 aromatic heterocycles. The van der Waals surface area contributed by atoms with Gasteiger partial charge in [0.15, 0.2) is 0 Å². The first-order valence-electron chi connectivity index (χ1n) is 7.25. The smallest absolute Gasteiger partial charge is 0.271 e. The number of benzene rings is 1. The minimum absolute atomic E-state index is 0.146. The normalized spacial score (nSPS) is 21.5. The summed E-state index contributed by atoms with van der Waals surface area (Å²) < 4.78 is 27.9. The van der Waals surface area contributed by atoms with Gasteiger partial charge in [0, 0.05) is 15.9 Å². The number of hydrazine groups is 1. The molecular formula is C15H18ClN3O2S2. The van der Waals surface area contributed by atoms with E-state index in [1.165, 1.54) is 11.3 Å². The van der Waals surface area contributed by atoms with E-state index in [4.69, 9.17) is 11.6 Å². The number of hydrogen-bond acceptors (Lipinski definition) is 5. The lowest BCUT2D eigenvalue weighted by atomic mass is 10.1. The van der Waals surface area contributed by atoms with E-state index in [1.54, 1.807) is 24.3 Å². The predicted octanol–water partition coefficient (Wildman–Crippen LogP) is 3.44. The van der Waals surface area contributed by atoms with Gasteiger partial charge in [0.1, 0.15) is 4.21 Å². The Morgan fingerprint density at radius 3 is 2.70 bits per heavy atom. The summed E-state index contributed by atoms with van der Waals surface area (Å²) in [4.78, 5) is 1.00. The molecule has 0 bridgehead atoms. The van der Waals surface area contributed by atoms with Gasteiger partial charge in [-0.3, -0.25) is 10.1 Å². The lowest BCUT2D eigenvalue weighted by Gasteiger charge is -2.08. The van der Waals surface area contributed by atoms with E-state index in [0.29, 0.717) is 21.0 Å². The second-order valence-electron chi connectivity index (χ2n) is 5.70. The van der Waals surface area contributed by atoms with Gasteiger partial charge in [-0.1, -0.05) is 17.7 Å². The average Bonchev–Trinajstić information content (AvgIpc) is 3.11. The SMILES string of the molecule is Cc1ccc(NS(=O)(=O)c2ccc(C3CC(C)NN3)s2)cc1Cl. The molecule has 1 aromatic carbocycles. The minimum Gasteiger partial charge on any atom is -0.279 e. The van der Waals surface area contributed by atoms with Crippen LogP contribution in [0.1, 0.15) is 29.8 Å². The van der Waals surface area contributed by atoms with Crippen LogP contribution in [0.3, 0.4) is 0 Å². The summed E-state index contributed by atoms with van der Waals surface area (Å²) in [6.45, 7) is 3.96. The summed E-state index contributed by atoms with van der Waals surface area (Å²) in [5.74, 6) is 0. The van der Waals surface area contributed by atoms with Crippen LogP contribution in [0.2, 0.25) is 5.02 Å². The maximum Gasteiger partial charge on any atom is 0.271 e. The molecule has 2 unspecified atom stereocenters. The fraction of sp³-hybridized carbons (Fsp3) is 0.333. The van der Waals surface area contributed by atoms with Gasteiger partial charge in [0.2, 0.25) is 0 Å². The van der Waals surface area contributed by atoms with Crippen LogP contribution in [0.25, 0.3) is 0 Å². The van der Waals surface area contributed by atoms with E-state index in [2.05, 4.69) is 22.5 Å². The van der Waals surface area contributed by atoms with Crippen molar-refractivity contribution in [1.29, 1.82) is 0 Å². The molecule has 5 nitrogen and oxygen atoms in total. The number of halogens is 1. The summed E-state index contributed by atoms with van der Waals surface area (Å²) >= 11 is 7.32. The molecular weight excluding hydrogens is 354 g/mol. The Labute approximate surface area is 145 Å². The summed E-state index contributed by atoms with van der Waals surface area (Å²) in [5, 5.41) is 0.535. The Morgan fingerprint density at radius 1 is 1.26 bits per heavy atom. The standard InChI is InChI=1S/C15H18ClN3O2S2/c1-9-3-4-11(8-12(9)16)19-23(20,21)15-6-5-14(22-15)13-7-10(2)17-18-13/h3-6,8,10,13,17-19H,7H2,1-2H3. The summed E-state index contributed by atoms with van der Waals surface area (Å²) in [7, 11) is -3.60. The largest absolute Gasteiger partial charge is 0.279 e. The van der Waals surface area contributed by atoms with E-state index in [1.807, 2.05) is 13.0 Å². The molecule has 0 aliphatic carbocycles. The molecule has 124 valence electrons. The number of anilines is 1. The van der Waals surface area contributed by atoms with E-state index >= 15 is 0 Å². The molecule has 2 atom stereocenters. The molecule has 2 aromatic rings. The third-order valence-electron chi connectivity index (χ3n) is 3.73. The summed E-state index contributed by atoms with van der Waals surface area (Å²) in [5.41, 5.74) is 7.69. The van der Waals surface area contributed by atoms with Crippen molar-refractivity contribution >= 4 is 38.6 Å².